The highest BCUT2D eigenvalue weighted by Gasteiger charge is 2.51. The molecule has 1 aromatic heterocycles. The van der Waals surface area contributed by atoms with Gasteiger partial charge in [-0.25, -0.2) is 0 Å². The van der Waals surface area contributed by atoms with Gasteiger partial charge >= 0.3 is 5.97 Å². The average Bonchev–Trinajstić information content (AvgIpc) is 3.50. The number of aryl methyl sites for hydroxylation is 1. The molecule has 3 aromatic rings. The van der Waals surface area contributed by atoms with Crippen LogP contribution in [0.4, 0.5) is 5.69 Å². The maximum atomic E-state index is 13.1. The van der Waals surface area contributed by atoms with Crippen molar-refractivity contribution < 1.29 is 19.4 Å². The zero-order valence-corrected chi connectivity index (χ0v) is 19.1. The summed E-state index contributed by atoms with van der Waals surface area (Å²) in [6.07, 6.45) is 4.66. The standard InChI is InChI=1S/C27H27N3O4/c1-16-25(28-26(31)23-19-11-12-20(14-19)24(23)27(32)33)17(2)30(29-16)15-18-7-6-10-22(13-18)34-21-8-4-3-5-9-21/h3-13,19-20,23-24H,14-15H2,1-2H3,(H,28,31)(H,32,33)/t19-,20+,23+,24+/m1/s1. The number of benzene rings is 2. The number of ether oxygens (including phenoxy) is 1. The van der Waals surface area contributed by atoms with Crippen molar-refractivity contribution in [2.75, 3.05) is 5.32 Å². The predicted molar refractivity (Wildman–Crippen MR) is 128 cm³/mol. The Bertz CT molecular complexity index is 1260. The van der Waals surface area contributed by atoms with E-state index in [0.29, 0.717) is 17.9 Å². The Morgan fingerprint density at radius 3 is 2.47 bits per heavy atom. The van der Waals surface area contributed by atoms with E-state index in [4.69, 9.17) is 4.74 Å². The van der Waals surface area contributed by atoms with Gasteiger partial charge < -0.3 is 15.2 Å². The molecule has 7 heteroatoms. The lowest BCUT2D eigenvalue weighted by molar-refractivity contribution is -0.146. The Balaban J connectivity index is 1.32. The summed E-state index contributed by atoms with van der Waals surface area (Å²) < 4.78 is 7.79. The van der Waals surface area contributed by atoms with Crippen LogP contribution in [-0.4, -0.2) is 26.8 Å². The highest BCUT2D eigenvalue weighted by Crippen LogP contribution is 2.48. The molecule has 1 fully saturated rings. The van der Waals surface area contributed by atoms with Crippen molar-refractivity contribution in [1.29, 1.82) is 0 Å². The molecular formula is C27H27N3O4. The Morgan fingerprint density at radius 1 is 1.03 bits per heavy atom. The summed E-state index contributed by atoms with van der Waals surface area (Å²) in [7, 11) is 0. The van der Waals surface area contributed by atoms with Gasteiger partial charge in [0.05, 0.1) is 35.5 Å². The molecule has 2 bridgehead atoms. The second kappa shape index (κ2) is 8.82. The van der Waals surface area contributed by atoms with Gasteiger partial charge in [-0.05, 0) is 61.9 Å². The molecule has 7 nitrogen and oxygen atoms in total. The van der Waals surface area contributed by atoms with Crippen molar-refractivity contribution >= 4 is 17.6 Å². The van der Waals surface area contributed by atoms with Crippen molar-refractivity contribution in [3.05, 3.63) is 83.7 Å². The normalized spacial score (nSPS) is 22.6. The third kappa shape index (κ3) is 4.09. The molecule has 0 spiro atoms. The van der Waals surface area contributed by atoms with E-state index in [1.54, 1.807) is 0 Å². The summed E-state index contributed by atoms with van der Waals surface area (Å²) in [4.78, 5) is 25.0. The number of nitrogens with zero attached hydrogens (tertiary/aromatic N) is 2. The molecule has 4 atom stereocenters. The lowest BCUT2D eigenvalue weighted by Crippen LogP contribution is -2.36. The molecule has 2 aliphatic rings. The van der Waals surface area contributed by atoms with Crippen molar-refractivity contribution in [3.8, 4) is 11.5 Å². The maximum Gasteiger partial charge on any atom is 0.307 e. The number of rotatable bonds is 7. The first-order chi connectivity index (χ1) is 16.4. The molecule has 0 aliphatic heterocycles. The molecule has 2 aromatic carbocycles. The number of carboxylic acid groups (broad SMARTS) is 1. The van der Waals surface area contributed by atoms with Crippen LogP contribution >= 0.6 is 0 Å². The molecule has 5 rings (SSSR count). The number of carbonyl (C=O) groups excluding carboxylic acids is 1. The van der Waals surface area contributed by atoms with Gasteiger partial charge in [-0.3, -0.25) is 14.3 Å². The first-order valence-corrected chi connectivity index (χ1v) is 11.5. The summed E-state index contributed by atoms with van der Waals surface area (Å²) >= 11 is 0. The SMILES string of the molecule is Cc1nn(Cc2cccc(Oc3ccccc3)c2)c(C)c1NC(=O)[C@@H]1[C@@H](C(=O)O)[C@H]2C=C[C@@H]1C2. The minimum atomic E-state index is -0.904. The number of para-hydroxylation sites is 1. The van der Waals surface area contributed by atoms with Gasteiger partial charge in [0.1, 0.15) is 11.5 Å². The van der Waals surface area contributed by atoms with Gasteiger partial charge in [-0.15, -0.1) is 0 Å². The van der Waals surface area contributed by atoms with Gasteiger partial charge in [0.15, 0.2) is 0 Å². The van der Waals surface area contributed by atoms with Gasteiger partial charge in [0.2, 0.25) is 5.91 Å². The summed E-state index contributed by atoms with van der Waals surface area (Å²) in [6, 6.07) is 17.4. The van der Waals surface area contributed by atoms with Gasteiger partial charge in [-0.1, -0.05) is 42.5 Å². The Labute approximate surface area is 198 Å². The predicted octanol–water partition coefficient (Wildman–Crippen LogP) is 4.80. The highest BCUT2D eigenvalue weighted by molar-refractivity contribution is 5.97. The number of anilines is 1. The fourth-order valence-electron chi connectivity index (χ4n) is 5.26. The van der Waals surface area contributed by atoms with Crippen molar-refractivity contribution in [2.24, 2.45) is 23.7 Å². The third-order valence-corrected chi connectivity index (χ3v) is 6.89. The number of allylic oxidation sites excluding steroid dienone is 2. The van der Waals surface area contributed by atoms with Crippen LogP contribution < -0.4 is 10.1 Å². The summed E-state index contributed by atoms with van der Waals surface area (Å²) in [5.41, 5.74) is 3.19. The molecule has 0 unspecified atom stereocenters. The number of fused-ring (bicyclic) bond motifs is 2. The molecule has 2 aliphatic carbocycles. The van der Waals surface area contributed by atoms with Crippen LogP contribution in [0, 0.1) is 37.5 Å². The quantitative estimate of drug-likeness (QED) is 0.497. The fourth-order valence-corrected chi connectivity index (χ4v) is 5.26. The molecule has 174 valence electrons. The van der Waals surface area contributed by atoms with Crippen LogP contribution in [0.15, 0.2) is 66.7 Å². The lowest BCUT2D eigenvalue weighted by atomic mass is 9.82. The third-order valence-electron chi connectivity index (χ3n) is 6.89. The van der Waals surface area contributed by atoms with E-state index in [9.17, 15) is 14.7 Å². The molecule has 0 radical (unpaired) electrons. The molecule has 2 N–H and O–H groups in total. The monoisotopic (exact) mass is 457 g/mol. The van der Waals surface area contributed by atoms with Gasteiger partial charge in [0.25, 0.3) is 0 Å². The van der Waals surface area contributed by atoms with Crippen LogP contribution in [-0.2, 0) is 16.1 Å². The second-order valence-electron chi connectivity index (χ2n) is 9.09. The molecule has 1 amide bonds. The zero-order chi connectivity index (χ0) is 23.8. The Morgan fingerprint density at radius 2 is 1.74 bits per heavy atom. The number of hydrogen-bond donors (Lipinski definition) is 2. The van der Waals surface area contributed by atoms with Crippen molar-refractivity contribution in [1.82, 2.24) is 9.78 Å². The average molecular weight is 458 g/mol. The summed E-state index contributed by atoms with van der Waals surface area (Å²) in [5.74, 6) is -0.942. The van der Waals surface area contributed by atoms with E-state index in [-0.39, 0.29) is 17.7 Å². The second-order valence-corrected chi connectivity index (χ2v) is 9.09. The highest BCUT2D eigenvalue weighted by atomic mass is 16.5. The number of amides is 1. The fraction of sp³-hybridized carbons (Fsp3) is 0.296. The van der Waals surface area contributed by atoms with E-state index < -0.39 is 17.8 Å². The molecule has 1 heterocycles. The van der Waals surface area contributed by atoms with Crippen LogP contribution in [0.3, 0.4) is 0 Å². The van der Waals surface area contributed by atoms with Crippen LogP contribution in [0.1, 0.15) is 23.4 Å². The van der Waals surface area contributed by atoms with Crippen LogP contribution in [0.2, 0.25) is 0 Å². The minimum absolute atomic E-state index is 0.0193. The van der Waals surface area contributed by atoms with E-state index >= 15 is 0 Å². The van der Waals surface area contributed by atoms with Crippen molar-refractivity contribution in [3.63, 3.8) is 0 Å². The van der Waals surface area contributed by atoms with Gasteiger partial charge in [-0.2, -0.15) is 5.10 Å². The number of carboxylic acids is 1. The lowest BCUT2D eigenvalue weighted by Gasteiger charge is -2.23. The number of aromatic nitrogens is 2. The topological polar surface area (TPSA) is 93.5 Å². The number of hydrogen-bond acceptors (Lipinski definition) is 4. The molecule has 1 saturated carbocycles. The first-order valence-electron chi connectivity index (χ1n) is 11.5. The summed E-state index contributed by atoms with van der Waals surface area (Å²) in [5, 5.41) is 17.3. The summed E-state index contributed by atoms with van der Waals surface area (Å²) in [6.45, 7) is 4.28. The van der Waals surface area contributed by atoms with E-state index in [1.807, 2.05) is 85.3 Å². The molecule has 34 heavy (non-hydrogen) atoms. The Hall–Kier alpha value is -3.87. The van der Waals surface area contributed by atoms with Gasteiger partial charge in [0, 0.05) is 0 Å². The van der Waals surface area contributed by atoms with Crippen molar-refractivity contribution in [2.45, 2.75) is 26.8 Å². The van der Waals surface area contributed by atoms with E-state index in [1.165, 1.54) is 0 Å². The smallest absolute Gasteiger partial charge is 0.307 e. The number of nitrogens with one attached hydrogen (secondary N) is 1. The number of carbonyl (C=O) groups is 2. The zero-order valence-electron chi connectivity index (χ0n) is 19.1. The first kappa shape index (κ1) is 21.9. The molecule has 0 saturated heterocycles. The van der Waals surface area contributed by atoms with Crippen LogP contribution in [0.25, 0.3) is 0 Å². The molecular weight excluding hydrogens is 430 g/mol. The maximum absolute atomic E-state index is 13.1. The number of aliphatic carboxylic acids is 1. The van der Waals surface area contributed by atoms with E-state index in [2.05, 4.69) is 10.4 Å². The van der Waals surface area contributed by atoms with Crippen LogP contribution in [0.5, 0.6) is 11.5 Å². The largest absolute Gasteiger partial charge is 0.481 e. The van der Waals surface area contributed by atoms with E-state index in [0.717, 1.165) is 29.2 Å². The minimum Gasteiger partial charge on any atom is -0.481 e. The Kier molecular flexibility index (Phi) is 5.69.